The van der Waals surface area contributed by atoms with Crippen LogP contribution in [-0.4, -0.2) is 19.0 Å². The Bertz CT molecular complexity index is 270. The van der Waals surface area contributed by atoms with E-state index in [2.05, 4.69) is 5.32 Å². The Hall–Kier alpha value is -1.29. The molecule has 3 N–H and O–H groups in total. The Kier molecular flexibility index (Phi) is 5.55. The molecule has 0 aliphatic rings. The first-order valence-corrected chi connectivity index (χ1v) is 5.35. The van der Waals surface area contributed by atoms with Gasteiger partial charge in [-0.05, 0) is 25.5 Å². The zero-order valence-electron chi connectivity index (χ0n) is 8.87. The van der Waals surface area contributed by atoms with Crippen molar-refractivity contribution in [1.82, 2.24) is 5.32 Å². The number of carbonyl (C=O) groups is 1. The third-order valence-electron chi connectivity index (χ3n) is 2.20. The molecule has 1 aromatic rings. The number of amides is 1. The van der Waals surface area contributed by atoms with Crippen LogP contribution in [0.25, 0.3) is 0 Å². The molecule has 0 unspecified atom stereocenters. The molecule has 1 amide bonds. The van der Waals surface area contributed by atoms with Gasteiger partial charge in [0.05, 0.1) is 11.8 Å². The van der Waals surface area contributed by atoms with E-state index in [0.717, 1.165) is 32.2 Å². The van der Waals surface area contributed by atoms with E-state index in [-0.39, 0.29) is 5.91 Å². The number of nitrogens with two attached hydrogens (primary N) is 1. The highest BCUT2D eigenvalue weighted by Gasteiger charge is 2.04. The Balaban J connectivity index is 2.03. The van der Waals surface area contributed by atoms with Crippen molar-refractivity contribution < 1.29 is 9.21 Å². The summed E-state index contributed by atoms with van der Waals surface area (Å²) in [6, 6.07) is 1.66. The first kappa shape index (κ1) is 11.8. The van der Waals surface area contributed by atoms with Gasteiger partial charge in [-0.1, -0.05) is 12.8 Å². The molecular formula is C11H18N2O2. The van der Waals surface area contributed by atoms with Gasteiger partial charge in [0, 0.05) is 6.54 Å². The van der Waals surface area contributed by atoms with Crippen molar-refractivity contribution in [2.24, 2.45) is 5.73 Å². The Labute approximate surface area is 89.8 Å². The summed E-state index contributed by atoms with van der Waals surface area (Å²) >= 11 is 0. The summed E-state index contributed by atoms with van der Waals surface area (Å²) in [5.41, 5.74) is 5.96. The highest BCUT2D eigenvalue weighted by molar-refractivity contribution is 5.93. The molecule has 15 heavy (non-hydrogen) atoms. The lowest BCUT2D eigenvalue weighted by Gasteiger charge is -2.02. The third-order valence-corrected chi connectivity index (χ3v) is 2.20. The summed E-state index contributed by atoms with van der Waals surface area (Å²) in [4.78, 5) is 11.4. The molecule has 4 heteroatoms. The normalized spacial score (nSPS) is 10.2. The lowest BCUT2D eigenvalue weighted by molar-refractivity contribution is 0.0952. The Morgan fingerprint density at radius 1 is 1.33 bits per heavy atom. The van der Waals surface area contributed by atoms with Crippen molar-refractivity contribution >= 4 is 5.91 Å². The summed E-state index contributed by atoms with van der Waals surface area (Å²) in [6.07, 6.45) is 7.26. The van der Waals surface area contributed by atoms with Gasteiger partial charge >= 0.3 is 0 Å². The highest BCUT2D eigenvalue weighted by atomic mass is 16.3. The van der Waals surface area contributed by atoms with Crippen LogP contribution in [-0.2, 0) is 0 Å². The average Bonchev–Trinajstić information content (AvgIpc) is 2.76. The van der Waals surface area contributed by atoms with Crippen molar-refractivity contribution in [2.75, 3.05) is 13.1 Å². The fraction of sp³-hybridized carbons (Fsp3) is 0.545. The second kappa shape index (κ2) is 7.06. The monoisotopic (exact) mass is 210 g/mol. The predicted octanol–water partition coefficient (Wildman–Crippen LogP) is 1.53. The largest absolute Gasteiger partial charge is 0.472 e. The topological polar surface area (TPSA) is 68.3 Å². The number of hydrogen-bond acceptors (Lipinski definition) is 3. The van der Waals surface area contributed by atoms with Gasteiger partial charge < -0.3 is 15.5 Å². The van der Waals surface area contributed by atoms with Crippen LogP contribution in [0.15, 0.2) is 23.0 Å². The van der Waals surface area contributed by atoms with E-state index in [1.807, 2.05) is 0 Å². The molecule has 84 valence electrons. The summed E-state index contributed by atoms with van der Waals surface area (Å²) in [5, 5.41) is 2.83. The smallest absolute Gasteiger partial charge is 0.254 e. The summed E-state index contributed by atoms with van der Waals surface area (Å²) < 4.78 is 4.82. The molecule has 0 atom stereocenters. The van der Waals surface area contributed by atoms with Crippen molar-refractivity contribution in [3.8, 4) is 0 Å². The van der Waals surface area contributed by atoms with E-state index < -0.39 is 0 Å². The van der Waals surface area contributed by atoms with Crippen molar-refractivity contribution in [2.45, 2.75) is 25.7 Å². The van der Waals surface area contributed by atoms with E-state index in [1.54, 1.807) is 6.07 Å². The summed E-state index contributed by atoms with van der Waals surface area (Å²) in [7, 11) is 0. The predicted molar refractivity (Wildman–Crippen MR) is 58.6 cm³/mol. The standard InChI is InChI=1S/C11H18N2O2/c12-6-3-1-2-4-7-13-11(14)10-5-8-15-9-10/h5,8-9H,1-4,6-7,12H2,(H,13,14). The number of hydrogen-bond donors (Lipinski definition) is 2. The van der Waals surface area contributed by atoms with Crippen LogP contribution in [0.2, 0.25) is 0 Å². The van der Waals surface area contributed by atoms with Gasteiger partial charge in [-0.15, -0.1) is 0 Å². The van der Waals surface area contributed by atoms with Crippen LogP contribution in [0.4, 0.5) is 0 Å². The fourth-order valence-corrected chi connectivity index (χ4v) is 1.32. The molecule has 0 aliphatic carbocycles. The molecule has 1 rings (SSSR count). The molecule has 0 aromatic carbocycles. The second-order valence-corrected chi connectivity index (χ2v) is 3.47. The maximum Gasteiger partial charge on any atom is 0.254 e. The van der Waals surface area contributed by atoms with Crippen LogP contribution in [0.3, 0.4) is 0 Å². The lowest BCUT2D eigenvalue weighted by atomic mass is 10.2. The molecule has 1 heterocycles. The van der Waals surface area contributed by atoms with E-state index in [1.165, 1.54) is 12.5 Å². The zero-order valence-corrected chi connectivity index (χ0v) is 8.87. The molecule has 0 fully saturated rings. The molecule has 0 bridgehead atoms. The minimum Gasteiger partial charge on any atom is -0.472 e. The highest BCUT2D eigenvalue weighted by Crippen LogP contribution is 2.00. The molecule has 0 spiro atoms. The summed E-state index contributed by atoms with van der Waals surface area (Å²) in [6.45, 7) is 1.47. The number of furan rings is 1. The second-order valence-electron chi connectivity index (χ2n) is 3.47. The van der Waals surface area contributed by atoms with E-state index in [9.17, 15) is 4.79 Å². The SMILES string of the molecule is NCCCCCCNC(=O)c1ccoc1. The lowest BCUT2D eigenvalue weighted by Crippen LogP contribution is -2.23. The van der Waals surface area contributed by atoms with Gasteiger partial charge in [0.1, 0.15) is 6.26 Å². The third kappa shape index (κ3) is 4.65. The maximum absolute atomic E-state index is 11.4. The van der Waals surface area contributed by atoms with E-state index in [4.69, 9.17) is 10.2 Å². The maximum atomic E-state index is 11.4. The Morgan fingerprint density at radius 2 is 2.13 bits per heavy atom. The number of rotatable bonds is 7. The van der Waals surface area contributed by atoms with Crippen LogP contribution >= 0.6 is 0 Å². The number of unbranched alkanes of at least 4 members (excludes halogenated alkanes) is 3. The van der Waals surface area contributed by atoms with Crippen LogP contribution in [0, 0.1) is 0 Å². The van der Waals surface area contributed by atoms with Gasteiger partial charge in [-0.2, -0.15) is 0 Å². The van der Waals surface area contributed by atoms with Crippen LogP contribution < -0.4 is 11.1 Å². The van der Waals surface area contributed by atoms with Crippen molar-refractivity contribution in [3.05, 3.63) is 24.2 Å². The van der Waals surface area contributed by atoms with Crippen molar-refractivity contribution in [3.63, 3.8) is 0 Å². The van der Waals surface area contributed by atoms with Gasteiger partial charge in [0.25, 0.3) is 5.91 Å². The molecule has 4 nitrogen and oxygen atoms in total. The number of nitrogens with one attached hydrogen (secondary N) is 1. The molecule has 0 radical (unpaired) electrons. The average molecular weight is 210 g/mol. The zero-order chi connectivity index (χ0) is 10.9. The number of carbonyl (C=O) groups excluding carboxylic acids is 1. The van der Waals surface area contributed by atoms with Gasteiger partial charge in [0.15, 0.2) is 0 Å². The molecule has 0 aliphatic heterocycles. The first-order chi connectivity index (χ1) is 7.34. The first-order valence-electron chi connectivity index (χ1n) is 5.35. The summed E-state index contributed by atoms with van der Waals surface area (Å²) in [5.74, 6) is -0.0671. The quantitative estimate of drug-likeness (QED) is 0.670. The van der Waals surface area contributed by atoms with Gasteiger partial charge in [-0.3, -0.25) is 4.79 Å². The van der Waals surface area contributed by atoms with Crippen LogP contribution in [0.5, 0.6) is 0 Å². The molecule has 0 saturated carbocycles. The van der Waals surface area contributed by atoms with E-state index >= 15 is 0 Å². The minimum absolute atomic E-state index is 0.0671. The van der Waals surface area contributed by atoms with Crippen molar-refractivity contribution in [1.29, 1.82) is 0 Å². The fourth-order valence-electron chi connectivity index (χ4n) is 1.32. The van der Waals surface area contributed by atoms with Gasteiger partial charge in [0.2, 0.25) is 0 Å². The van der Waals surface area contributed by atoms with E-state index in [0.29, 0.717) is 12.1 Å². The molecular weight excluding hydrogens is 192 g/mol. The van der Waals surface area contributed by atoms with Crippen LogP contribution in [0.1, 0.15) is 36.0 Å². The minimum atomic E-state index is -0.0671. The molecule has 0 saturated heterocycles. The molecule has 1 aromatic heterocycles. The van der Waals surface area contributed by atoms with Gasteiger partial charge in [-0.25, -0.2) is 0 Å². The Morgan fingerprint density at radius 3 is 2.80 bits per heavy atom.